The van der Waals surface area contributed by atoms with Crippen LogP contribution in [0.25, 0.3) is 16.8 Å². The molecule has 0 bridgehead atoms. The Bertz CT molecular complexity index is 1610. The minimum Gasteiger partial charge on any atom is -0.489 e. The molecular weight excluding hydrogens is 516 g/mol. The Morgan fingerprint density at radius 3 is 2.36 bits per heavy atom. The van der Waals surface area contributed by atoms with Crippen LogP contribution in [0.3, 0.4) is 0 Å². The zero-order valence-corrected chi connectivity index (χ0v) is 21.5. The fourth-order valence-corrected chi connectivity index (χ4v) is 4.30. The highest BCUT2D eigenvalue weighted by molar-refractivity contribution is 6.39. The van der Waals surface area contributed by atoms with Crippen LogP contribution in [0.15, 0.2) is 103 Å². The number of halogens is 1. The summed E-state index contributed by atoms with van der Waals surface area (Å²) in [4.78, 5) is 40.0. The molecule has 0 unspecified atom stereocenters. The summed E-state index contributed by atoms with van der Waals surface area (Å²) < 4.78 is 11.6. The Hall–Kier alpha value is -4.88. The lowest BCUT2D eigenvalue weighted by atomic mass is 9.99. The van der Waals surface area contributed by atoms with Gasteiger partial charge in [-0.25, -0.2) is 9.69 Å². The molecule has 7 nitrogen and oxygen atoms in total. The van der Waals surface area contributed by atoms with E-state index in [2.05, 4.69) is 11.9 Å². The number of ether oxygens (including phenoxy) is 2. The van der Waals surface area contributed by atoms with Gasteiger partial charge in [0.1, 0.15) is 30.3 Å². The molecule has 1 aliphatic heterocycles. The van der Waals surface area contributed by atoms with Crippen molar-refractivity contribution in [3.05, 3.63) is 119 Å². The molecule has 0 spiro atoms. The second-order valence-corrected chi connectivity index (χ2v) is 9.10. The molecule has 0 radical (unpaired) electrons. The van der Waals surface area contributed by atoms with E-state index in [-0.39, 0.29) is 17.9 Å². The molecule has 0 aliphatic carbocycles. The molecule has 194 valence electrons. The van der Waals surface area contributed by atoms with Crippen molar-refractivity contribution in [3.8, 4) is 11.5 Å². The van der Waals surface area contributed by atoms with Crippen molar-refractivity contribution < 1.29 is 23.9 Å². The van der Waals surface area contributed by atoms with Crippen molar-refractivity contribution in [1.82, 2.24) is 5.32 Å². The molecule has 1 heterocycles. The second-order valence-electron chi connectivity index (χ2n) is 8.67. The lowest BCUT2D eigenvalue weighted by Gasteiger charge is -2.26. The Labute approximate surface area is 229 Å². The van der Waals surface area contributed by atoms with E-state index in [9.17, 15) is 14.4 Å². The number of anilines is 1. The van der Waals surface area contributed by atoms with E-state index in [0.29, 0.717) is 28.7 Å². The van der Waals surface area contributed by atoms with Crippen molar-refractivity contribution in [1.29, 1.82) is 0 Å². The smallest absolute Gasteiger partial charge is 0.335 e. The van der Waals surface area contributed by atoms with Crippen molar-refractivity contribution in [3.63, 3.8) is 0 Å². The van der Waals surface area contributed by atoms with Gasteiger partial charge in [-0.1, -0.05) is 66.7 Å². The number of nitrogens with zero attached hydrogens (tertiary/aromatic N) is 1. The third kappa shape index (κ3) is 5.54. The van der Waals surface area contributed by atoms with Crippen molar-refractivity contribution >= 4 is 52.0 Å². The minimum atomic E-state index is -0.835. The minimum absolute atomic E-state index is 0.197. The normalized spacial score (nSPS) is 14.4. The number of hydrogen-bond acceptors (Lipinski definition) is 5. The van der Waals surface area contributed by atoms with Crippen LogP contribution in [0.2, 0.25) is 5.02 Å². The summed E-state index contributed by atoms with van der Waals surface area (Å²) in [6.07, 6.45) is 3.06. The molecule has 1 aliphatic rings. The number of carbonyl (C=O) groups is 3. The SMILES string of the molecule is C=CCOc1ccc2ccccc2c1/C=C1\C(=O)NC(=O)N(c2ccc(OCc3ccc(Cl)cc3)cc2)C1=O. The van der Waals surface area contributed by atoms with E-state index >= 15 is 0 Å². The summed E-state index contributed by atoms with van der Waals surface area (Å²) in [6.45, 7) is 4.24. The van der Waals surface area contributed by atoms with Gasteiger partial charge in [-0.05, 0) is 64.9 Å². The molecule has 8 heteroatoms. The quantitative estimate of drug-likeness (QED) is 0.162. The molecule has 0 aromatic heterocycles. The van der Waals surface area contributed by atoms with Gasteiger partial charge in [-0.2, -0.15) is 0 Å². The van der Waals surface area contributed by atoms with Crippen molar-refractivity contribution in [2.75, 3.05) is 11.5 Å². The average Bonchev–Trinajstić information content (AvgIpc) is 2.94. The first-order chi connectivity index (χ1) is 18.9. The fourth-order valence-electron chi connectivity index (χ4n) is 4.17. The summed E-state index contributed by atoms with van der Waals surface area (Å²) in [5, 5.41) is 4.60. The van der Waals surface area contributed by atoms with Crippen LogP contribution in [-0.2, 0) is 16.2 Å². The van der Waals surface area contributed by atoms with Crippen LogP contribution >= 0.6 is 11.6 Å². The van der Waals surface area contributed by atoms with Gasteiger partial charge in [0.25, 0.3) is 11.8 Å². The molecule has 5 rings (SSSR count). The number of benzene rings is 4. The van der Waals surface area contributed by atoms with Gasteiger partial charge in [0.15, 0.2) is 0 Å². The van der Waals surface area contributed by atoms with E-state index in [1.165, 1.54) is 6.08 Å². The fraction of sp³-hybridized carbons (Fsp3) is 0.0645. The highest BCUT2D eigenvalue weighted by atomic mass is 35.5. The lowest BCUT2D eigenvalue weighted by molar-refractivity contribution is -0.122. The average molecular weight is 539 g/mol. The van der Waals surface area contributed by atoms with Gasteiger partial charge >= 0.3 is 6.03 Å². The monoisotopic (exact) mass is 538 g/mol. The maximum absolute atomic E-state index is 13.5. The van der Waals surface area contributed by atoms with Crippen LogP contribution in [-0.4, -0.2) is 24.5 Å². The molecule has 39 heavy (non-hydrogen) atoms. The number of carbonyl (C=O) groups excluding carboxylic acids is 3. The van der Waals surface area contributed by atoms with E-state index < -0.39 is 17.8 Å². The van der Waals surface area contributed by atoms with Crippen LogP contribution in [0.5, 0.6) is 11.5 Å². The summed E-state index contributed by atoms with van der Waals surface area (Å²) in [7, 11) is 0. The number of barbiturate groups is 1. The zero-order valence-electron chi connectivity index (χ0n) is 20.7. The maximum atomic E-state index is 13.5. The van der Waals surface area contributed by atoms with Crippen molar-refractivity contribution in [2.24, 2.45) is 0 Å². The third-order valence-electron chi connectivity index (χ3n) is 6.09. The van der Waals surface area contributed by atoms with Gasteiger partial charge in [-0.15, -0.1) is 0 Å². The topological polar surface area (TPSA) is 84.9 Å². The number of amides is 4. The Morgan fingerprint density at radius 1 is 0.872 bits per heavy atom. The number of urea groups is 1. The first-order valence-electron chi connectivity index (χ1n) is 12.1. The molecule has 4 amide bonds. The molecule has 0 saturated carbocycles. The number of fused-ring (bicyclic) bond motifs is 1. The first kappa shape index (κ1) is 25.8. The molecular formula is C31H23ClN2O5. The molecule has 4 aromatic carbocycles. The van der Waals surface area contributed by atoms with Gasteiger partial charge in [0.2, 0.25) is 0 Å². The van der Waals surface area contributed by atoms with E-state index in [4.69, 9.17) is 21.1 Å². The maximum Gasteiger partial charge on any atom is 0.335 e. The van der Waals surface area contributed by atoms with Crippen molar-refractivity contribution in [2.45, 2.75) is 6.61 Å². The van der Waals surface area contributed by atoms with Gasteiger partial charge in [-0.3, -0.25) is 14.9 Å². The first-order valence-corrected chi connectivity index (χ1v) is 12.5. The Morgan fingerprint density at radius 2 is 1.62 bits per heavy atom. The number of hydrogen-bond donors (Lipinski definition) is 1. The predicted octanol–water partition coefficient (Wildman–Crippen LogP) is 6.30. The molecule has 1 fully saturated rings. The van der Waals surface area contributed by atoms with Crippen LogP contribution < -0.4 is 19.7 Å². The second kappa shape index (κ2) is 11.2. The largest absolute Gasteiger partial charge is 0.489 e. The third-order valence-corrected chi connectivity index (χ3v) is 6.34. The molecule has 0 atom stereocenters. The zero-order chi connectivity index (χ0) is 27.4. The standard InChI is InChI=1S/C31H23ClN2O5/c1-2-17-38-28-16-9-21-5-3-4-6-25(21)26(28)18-27-29(35)33-31(37)34(30(27)36)23-12-14-24(15-13-23)39-19-20-7-10-22(32)11-8-20/h2-16,18H,1,17,19H2,(H,33,35,37)/b27-18+. The van der Waals surface area contributed by atoms with E-state index in [1.807, 2.05) is 42.5 Å². The summed E-state index contributed by atoms with van der Waals surface area (Å²) in [6, 6.07) is 24.1. The van der Waals surface area contributed by atoms with Gasteiger partial charge < -0.3 is 9.47 Å². The van der Waals surface area contributed by atoms with Gasteiger partial charge in [0.05, 0.1) is 5.69 Å². The summed E-state index contributed by atoms with van der Waals surface area (Å²) in [5.41, 5.74) is 1.58. The lowest BCUT2D eigenvalue weighted by Crippen LogP contribution is -2.54. The Kier molecular flexibility index (Phi) is 7.43. The summed E-state index contributed by atoms with van der Waals surface area (Å²) >= 11 is 5.92. The van der Waals surface area contributed by atoms with Gasteiger partial charge in [0, 0.05) is 10.6 Å². The molecule has 4 aromatic rings. The molecule has 1 saturated heterocycles. The number of nitrogens with one attached hydrogen (secondary N) is 1. The highest BCUT2D eigenvalue weighted by Crippen LogP contribution is 2.32. The van der Waals surface area contributed by atoms with E-state index in [1.54, 1.807) is 48.5 Å². The summed E-state index contributed by atoms with van der Waals surface area (Å²) in [5.74, 6) is -0.509. The molecule has 1 N–H and O–H groups in total. The Balaban J connectivity index is 1.44. The number of rotatable bonds is 8. The predicted molar refractivity (Wildman–Crippen MR) is 151 cm³/mol. The van der Waals surface area contributed by atoms with Crippen LogP contribution in [0, 0.1) is 0 Å². The number of imide groups is 2. The van der Waals surface area contributed by atoms with E-state index in [0.717, 1.165) is 21.2 Å². The highest BCUT2D eigenvalue weighted by Gasteiger charge is 2.37. The van der Waals surface area contributed by atoms with Crippen LogP contribution in [0.4, 0.5) is 10.5 Å². The van der Waals surface area contributed by atoms with Crippen LogP contribution in [0.1, 0.15) is 11.1 Å².